The fourth-order valence-electron chi connectivity index (χ4n) is 2.98. The molecule has 1 atom stereocenters. The quantitative estimate of drug-likeness (QED) is 0.419. The standard InChI is InChI=1S/C21H20N4O/c1-21(19-11-5-6-12-23-19,14-17-8-3-2-4-9-17)20(25-16-22)24-15-18-10-7-13-26-18/h2-13H,14-15H2,1H3,(H,24,25). The van der Waals surface area contributed by atoms with Crippen molar-refractivity contribution in [3.05, 3.63) is 90.1 Å². The predicted molar refractivity (Wildman–Crippen MR) is 100 cm³/mol. The van der Waals surface area contributed by atoms with Gasteiger partial charge in [-0.25, -0.2) is 0 Å². The van der Waals surface area contributed by atoms with Crippen LogP contribution in [0.25, 0.3) is 0 Å². The number of nitrogens with zero attached hydrogens (tertiary/aromatic N) is 3. The first-order valence-electron chi connectivity index (χ1n) is 8.41. The number of aromatic nitrogens is 1. The van der Waals surface area contributed by atoms with Crippen LogP contribution in [0.3, 0.4) is 0 Å². The minimum atomic E-state index is -0.578. The average molecular weight is 344 g/mol. The highest BCUT2D eigenvalue weighted by atomic mass is 16.3. The maximum absolute atomic E-state index is 9.25. The summed E-state index contributed by atoms with van der Waals surface area (Å²) in [5.41, 5.74) is 1.42. The number of amidine groups is 1. The molecule has 2 aromatic heterocycles. The van der Waals surface area contributed by atoms with E-state index in [9.17, 15) is 5.26 Å². The van der Waals surface area contributed by atoms with Crippen molar-refractivity contribution in [1.82, 2.24) is 10.3 Å². The molecule has 5 nitrogen and oxygen atoms in total. The van der Waals surface area contributed by atoms with E-state index in [-0.39, 0.29) is 0 Å². The van der Waals surface area contributed by atoms with Crippen LogP contribution in [0.2, 0.25) is 0 Å². The van der Waals surface area contributed by atoms with E-state index in [1.165, 1.54) is 0 Å². The van der Waals surface area contributed by atoms with Gasteiger partial charge in [0.15, 0.2) is 0 Å². The molecule has 3 rings (SSSR count). The Bertz CT molecular complexity index is 883. The molecule has 1 unspecified atom stereocenters. The average Bonchev–Trinajstić information content (AvgIpc) is 3.20. The van der Waals surface area contributed by atoms with Crippen molar-refractivity contribution in [3.8, 4) is 6.19 Å². The molecule has 0 aliphatic rings. The van der Waals surface area contributed by atoms with E-state index in [1.807, 2.05) is 61.6 Å². The molecule has 0 fully saturated rings. The first kappa shape index (κ1) is 17.4. The maximum atomic E-state index is 9.25. The van der Waals surface area contributed by atoms with E-state index in [2.05, 4.69) is 27.4 Å². The summed E-state index contributed by atoms with van der Waals surface area (Å²) >= 11 is 0. The number of rotatable bonds is 6. The zero-order valence-corrected chi connectivity index (χ0v) is 14.6. The Kier molecular flexibility index (Phi) is 5.45. The summed E-state index contributed by atoms with van der Waals surface area (Å²) in [6, 6.07) is 19.6. The van der Waals surface area contributed by atoms with Crippen molar-refractivity contribution in [2.24, 2.45) is 4.99 Å². The van der Waals surface area contributed by atoms with Gasteiger partial charge in [-0.2, -0.15) is 10.3 Å². The molecule has 0 bridgehead atoms. The zero-order chi connectivity index (χ0) is 18.2. The first-order chi connectivity index (χ1) is 12.7. The molecular formula is C21H20N4O. The third-order valence-corrected chi connectivity index (χ3v) is 4.33. The monoisotopic (exact) mass is 344 g/mol. The van der Waals surface area contributed by atoms with E-state index >= 15 is 0 Å². The number of pyridine rings is 1. The number of hydrogen-bond donors (Lipinski definition) is 1. The molecule has 0 saturated carbocycles. The van der Waals surface area contributed by atoms with Gasteiger partial charge in [0.1, 0.15) is 11.6 Å². The molecule has 0 aliphatic heterocycles. The van der Waals surface area contributed by atoms with Crippen LogP contribution in [-0.4, -0.2) is 10.8 Å². The number of furan rings is 1. The van der Waals surface area contributed by atoms with Gasteiger partial charge < -0.3 is 9.73 Å². The van der Waals surface area contributed by atoms with Crippen LogP contribution in [0.1, 0.15) is 23.9 Å². The minimum Gasteiger partial charge on any atom is -0.467 e. The van der Waals surface area contributed by atoms with Crippen molar-refractivity contribution >= 4 is 5.84 Å². The Labute approximate surface area is 153 Å². The van der Waals surface area contributed by atoms with Crippen LogP contribution < -0.4 is 5.32 Å². The van der Waals surface area contributed by atoms with Gasteiger partial charge in [0.2, 0.25) is 6.19 Å². The van der Waals surface area contributed by atoms with Crippen molar-refractivity contribution in [2.45, 2.75) is 25.3 Å². The smallest absolute Gasteiger partial charge is 0.207 e. The summed E-state index contributed by atoms with van der Waals surface area (Å²) in [7, 11) is 0. The lowest BCUT2D eigenvalue weighted by molar-refractivity contribution is 0.495. The molecule has 0 radical (unpaired) electrons. The molecule has 1 aromatic carbocycles. The van der Waals surface area contributed by atoms with Crippen LogP contribution in [0.4, 0.5) is 0 Å². The number of aliphatic imine (C=N–C) groups is 1. The van der Waals surface area contributed by atoms with E-state index in [1.54, 1.807) is 12.5 Å². The molecule has 26 heavy (non-hydrogen) atoms. The fraction of sp³-hybridized carbons (Fsp3) is 0.190. The van der Waals surface area contributed by atoms with Crippen LogP contribution >= 0.6 is 0 Å². The molecular weight excluding hydrogens is 324 g/mol. The second-order valence-electron chi connectivity index (χ2n) is 6.20. The molecule has 0 amide bonds. The van der Waals surface area contributed by atoms with E-state index in [0.29, 0.717) is 18.8 Å². The molecule has 0 saturated heterocycles. The second kappa shape index (κ2) is 8.13. The number of nitriles is 1. The van der Waals surface area contributed by atoms with Gasteiger partial charge in [-0.15, -0.1) is 0 Å². The highest BCUT2D eigenvalue weighted by molar-refractivity contribution is 5.93. The minimum absolute atomic E-state index is 0.449. The lowest BCUT2D eigenvalue weighted by Gasteiger charge is -2.30. The van der Waals surface area contributed by atoms with Crippen molar-refractivity contribution < 1.29 is 4.42 Å². The van der Waals surface area contributed by atoms with E-state index < -0.39 is 5.41 Å². The Balaban J connectivity index is 1.96. The third-order valence-electron chi connectivity index (χ3n) is 4.33. The Morgan fingerprint density at radius 1 is 1.15 bits per heavy atom. The molecule has 1 N–H and O–H groups in total. The zero-order valence-electron chi connectivity index (χ0n) is 14.6. The summed E-state index contributed by atoms with van der Waals surface area (Å²) in [5.74, 6) is 1.35. The topological polar surface area (TPSA) is 74.2 Å². The maximum Gasteiger partial charge on any atom is 0.207 e. The van der Waals surface area contributed by atoms with Crippen LogP contribution in [0.5, 0.6) is 0 Å². The number of benzene rings is 1. The number of nitrogens with one attached hydrogen (secondary N) is 1. The normalized spacial score (nSPS) is 13.6. The van der Waals surface area contributed by atoms with Crippen molar-refractivity contribution in [1.29, 1.82) is 5.26 Å². The van der Waals surface area contributed by atoms with Crippen LogP contribution in [-0.2, 0) is 18.4 Å². The molecule has 3 aromatic rings. The van der Waals surface area contributed by atoms with Crippen molar-refractivity contribution in [2.75, 3.05) is 0 Å². The second-order valence-corrected chi connectivity index (χ2v) is 6.20. The molecule has 0 spiro atoms. The Hall–Kier alpha value is -3.39. The van der Waals surface area contributed by atoms with Gasteiger partial charge in [-0.1, -0.05) is 36.4 Å². The van der Waals surface area contributed by atoms with Crippen molar-refractivity contribution in [3.63, 3.8) is 0 Å². The van der Waals surface area contributed by atoms with Gasteiger partial charge >= 0.3 is 0 Å². The third kappa shape index (κ3) is 3.98. The van der Waals surface area contributed by atoms with E-state index in [0.717, 1.165) is 17.0 Å². The van der Waals surface area contributed by atoms with Gasteiger partial charge in [-0.05, 0) is 43.2 Å². The number of hydrogen-bond acceptors (Lipinski definition) is 4. The molecule has 2 heterocycles. The highest BCUT2D eigenvalue weighted by Gasteiger charge is 2.35. The summed E-state index contributed by atoms with van der Waals surface area (Å²) < 4.78 is 5.38. The van der Waals surface area contributed by atoms with Gasteiger partial charge in [0.05, 0.1) is 23.9 Å². The molecule has 5 heteroatoms. The Morgan fingerprint density at radius 3 is 2.62 bits per heavy atom. The predicted octanol–water partition coefficient (Wildman–Crippen LogP) is 3.84. The van der Waals surface area contributed by atoms with E-state index in [4.69, 9.17) is 4.42 Å². The van der Waals surface area contributed by atoms with Crippen LogP contribution in [0.15, 0.2) is 82.5 Å². The summed E-state index contributed by atoms with van der Waals surface area (Å²) in [6.07, 6.45) is 5.97. The lowest BCUT2D eigenvalue weighted by Crippen LogP contribution is -2.44. The van der Waals surface area contributed by atoms with Gasteiger partial charge in [0, 0.05) is 6.20 Å². The molecule has 0 aliphatic carbocycles. The fourth-order valence-corrected chi connectivity index (χ4v) is 2.98. The Morgan fingerprint density at radius 2 is 1.96 bits per heavy atom. The van der Waals surface area contributed by atoms with Crippen LogP contribution in [0, 0.1) is 11.5 Å². The highest BCUT2D eigenvalue weighted by Crippen LogP contribution is 2.28. The summed E-state index contributed by atoms with van der Waals surface area (Å²) in [5, 5.41) is 12.5. The molecule has 130 valence electrons. The van der Waals surface area contributed by atoms with Gasteiger partial charge in [-0.3, -0.25) is 4.98 Å². The first-order valence-corrected chi connectivity index (χ1v) is 8.41. The van der Waals surface area contributed by atoms with Gasteiger partial charge in [0.25, 0.3) is 0 Å². The SMILES string of the molecule is CC(Cc1ccccc1)(/C(=N/C#N)NCc1ccco1)c1ccccn1. The lowest BCUT2D eigenvalue weighted by atomic mass is 9.78. The largest absolute Gasteiger partial charge is 0.467 e. The summed E-state index contributed by atoms with van der Waals surface area (Å²) in [4.78, 5) is 8.64. The summed E-state index contributed by atoms with van der Waals surface area (Å²) in [6.45, 7) is 2.50.